The highest BCUT2D eigenvalue weighted by Gasteiger charge is 2.41. The molecule has 2 saturated heterocycles. The molecule has 0 spiro atoms. The Bertz CT molecular complexity index is 982. The van der Waals surface area contributed by atoms with E-state index in [2.05, 4.69) is 46.8 Å². The predicted octanol–water partition coefficient (Wildman–Crippen LogP) is 2.88. The fraction of sp³-hybridized carbons (Fsp3) is 0.522. The molecule has 2 aromatic rings. The number of carbonyl (C=O) groups is 1. The number of ether oxygens (including phenoxy) is 1. The lowest BCUT2D eigenvalue weighted by atomic mass is 10.1. The molecule has 4 rings (SSSR count). The molecule has 1 aromatic heterocycles. The van der Waals surface area contributed by atoms with Gasteiger partial charge in [-0.25, -0.2) is 9.78 Å². The van der Waals surface area contributed by atoms with E-state index >= 15 is 0 Å². The number of hydrogen-bond donors (Lipinski definition) is 1. The highest BCUT2D eigenvalue weighted by molar-refractivity contribution is 5.73. The summed E-state index contributed by atoms with van der Waals surface area (Å²) >= 11 is 0. The molecule has 8 nitrogen and oxygen atoms in total. The predicted molar refractivity (Wildman–Crippen MR) is 122 cm³/mol. The summed E-state index contributed by atoms with van der Waals surface area (Å²) in [5, 5.41) is 7.12. The fourth-order valence-electron chi connectivity index (χ4n) is 4.31. The molecule has 3 heterocycles. The van der Waals surface area contributed by atoms with Gasteiger partial charge in [0.25, 0.3) is 0 Å². The second-order valence-corrected chi connectivity index (χ2v) is 8.77. The third-order valence-electron chi connectivity index (χ3n) is 5.63. The minimum absolute atomic E-state index is 0.238. The van der Waals surface area contributed by atoms with E-state index in [1.165, 1.54) is 16.7 Å². The quantitative estimate of drug-likeness (QED) is 0.714. The second-order valence-electron chi connectivity index (χ2n) is 8.77. The van der Waals surface area contributed by atoms with E-state index in [9.17, 15) is 13.2 Å². The van der Waals surface area contributed by atoms with Crippen LogP contribution in [0.2, 0.25) is 0 Å². The van der Waals surface area contributed by atoms with Gasteiger partial charge in [-0.15, -0.1) is 0 Å². The number of anilines is 2. The van der Waals surface area contributed by atoms with Crippen molar-refractivity contribution >= 4 is 17.7 Å². The van der Waals surface area contributed by atoms with Gasteiger partial charge >= 0.3 is 12.1 Å². The molecule has 2 fully saturated rings. The van der Waals surface area contributed by atoms with E-state index in [-0.39, 0.29) is 6.10 Å². The van der Waals surface area contributed by atoms with Gasteiger partial charge in [-0.1, -0.05) is 29.3 Å². The number of halogens is 3. The summed E-state index contributed by atoms with van der Waals surface area (Å²) in [5.41, 5.74) is 4.04. The Balaban J connectivity index is 0.000000406. The third kappa shape index (κ3) is 6.57. The zero-order valence-electron chi connectivity index (χ0n) is 19.7. The molecule has 0 radical (unpaired) electrons. The maximum Gasteiger partial charge on any atom is 0.490 e. The number of nitrogens with zero attached hydrogens (tertiary/aromatic N) is 5. The Morgan fingerprint density at radius 3 is 2.44 bits per heavy atom. The summed E-state index contributed by atoms with van der Waals surface area (Å²) in [5.74, 6) is -1.01. The molecular formula is C23H30F3N5O3. The smallest absolute Gasteiger partial charge is 0.475 e. The third-order valence-corrected chi connectivity index (χ3v) is 5.63. The van der Waals surface area contributed by atoms with Crippen LogP contribution in [0.15, 0.2) is 30.5 Å². The molecule has 1 N–H and O–H groups in total. The Labute approximate surface area is 197 Å². The molecule has 0 saturated carbocycles. The molecule has 1 aromatic carbocycles. The molecule has 11 heteroatoms. The number of rotatable bonds is 4. The maximum atomic E-state index is 10.6. The molecule has 34 heavy (non-hydrogen) atoms. The van der Waals surface area contributed by atoms with E-state index in [1.807, 2.05) is 31.3 Å². The number of hydrogen-bond acceptors (Lipinski definition) is 7. The molecule has 2 aliphatic heterocycles. The van der Waals surface area contributed by atoms with Gasteiger partial charge in [0.2, 0.25) is 5.95 Å². The van der Waals surface area contributed by atoms with Crippen molar-refractivity contribution in [3.63, 3.8) is 0 Å². The largest absolute Gasteiger partial charge is 0.490 e. The Hall–Kier alpha value is -2.92. The summed E-state index contributed by atoms with van der Waals surface area (Å²) in [4.78, 5) is 24.9. The highest BCUT2D eigenvalue weighted by Crippen LogP contribution is 2.28. The zero-order chi connectivity index (χ0) is 25.0. The van der Waals surface area contributed by atoms with Crippen LogP contribution in [-0.4, -0.2) is 84.6 Å². The Kier molecular flexibility index (Phi) is 7.98. The van der Waals surface area contributed by atoms with Crippen LogP contribution in [0.5, 0.6) is 0 Å². The van der Waals surface area contributed by atoms with Crippen molar-refractivity contribution in [1.82, 2.24) is 14.9 Å². The maximum absolute atomic E-state index is 10.6. The topological polar surface area (TPSA) is 82.0 Å². The van der Waals surface area contributed by atoms with E-state index in [0.29, 0.717) is 6.04 Å². The van der Waals surface area contributed by atoms with Crippen molar-refractivity contribution in [3.8, 4) is 0 Å². The molecule has 0 aliphatic carbocycles. The van der Waals surface area contributed by atoms with Crippen LogP contribution >= 0.6 is 0 Å². The lowest BCUT2D eigenvalue weighted by Crippen LogP contribution is -2.51. The molecule has 0 bridgehead atoms. The number of morpholine rings is 1. The summed E-state index contributed by atoms with van der Waals surface area (Å²) in [6, 6.07) is 9.18. The van der Waals surface area contributed by atoms with Gasteiger partial charge < -0.3 is 19.6 Å². The van der Waals surface area contributed by atoms with Crippen LogP contribution in [-0.2, 0) is 16.1 Å². The number of aromatic nitrogens is 2. The number of alkyl halides is 3. The summed E-state index contributed by atoms with van der Waals surface area (Å²) in [7, 11) is 3.95. The Morgan fingerprint density at radius 2 is 1.85 bits per heavy atom. The first kappa shape index (κ1) is 25.7. The number of likely N-dealkylation sites (tertiary alicyclic amines) is 1. The number of benzene rings is 1. The van der Waals surface area contributed by atoms with E-state index in [0.717, 1.165) is 44.6 Å². The minimum Gasteiger partial charge on any atom is -0.475 e. The van der Waals surface area contributed by atoms with Crippen LogP contribution in [0.4, 0.5) is 24.9 Å². The van der Waals surface area contributed by atoms with E-state index in [1.54, 1.807) is 0 Å². The van der Waals surface area contributed by atoms with Gasteiger partial charge in [0.15, 0.2) is 0 Å². The first-order valence-corrected chi connectivity index (χ1v) is 10.9. The first-order valence-electron chi connectivity index (χ1n) is 10.9. The molecule has 0 unspecified atom stereocenters. The zero-order valence-corrected chi connectivity index (χ0v) is 19.7. The second kappa shape index (κ2) is 10.6. The molecule has 2 aliphatic rings. The SMILES string of the molecule is Cc1cc(C)cc(CN2C[C@@H]3OCCN(c4ccnc(N(C)C)n4)[C@@H]3C2)c1.O=C(O)C(F)(F)F. The monoisotopic (exact) mass is 481 g/mol. The van der Waals surface area contributed by atoms with Crippen LogP contribution in [0.25, 0.3) is 0 Å². The molecule has 0 amide bonds. The lowest BCUT2D eigenvalue weighted by molar-refractivity contribution is -0.192. The van der Waals surface area contributed by atoms with Gasteiger partial charge in [0.05, 0.1) is 18.8 Å². The summed E-state index contributed by atoms with van der Waals surface area (Å²) in [6.45, 7) is 8.91. The van der Waals surface area contributed by atoms with Crippen LogP contribution < -0.4 is 9.80 Å². The van der Waals surface area contributed by atoms with Crippen molar-refractivity contribution in [2.75, 3.05) is 50.1 Å². The number of aliphatic carboxylic acids is 1. The fourth-order valence-corrected chi connectivity index (χ4v) is 4.31. The van der Waals surface area contributed by atoms with Crippen LogP contribution in [0.3, 0.4) is 0 Å². The number of carboxylic acids is 1. The van der Waals surface area contributed by atoms with Crippen molar-refractivity contribution in [2.45, 2.75) is 38.7 Å². The van der Waals surface area contributed by atoms with Crippen LogP contribution in [0.1, 0.15) is 16.7 Å². The Morgan fingerprint density at radius 1 is 1.21 bits per heavy atom. The molecule has 186 valence electrons. The van der Waals surface area contributed by atoms with Crippen LogP contribution in [0, 0.1) is 13.8 Å². The van der Waals surface area contributed by atoms with Crippen molar-refractivity contribution in [2.24, 2.45) is 0 Å². The normalized spacial score (nSPS) is 20.4. The van der Waals surface area contributed by atoms with Gasteiger partial charge in [-0.2, -0.15) is 18.2 Å². The average molecular weight is 482 g/mol. The van der Waals surface area contributed by atoms with E-state index in [4.69, 9.17) is 19.6 Å². The van der Waals surface area contributed by atoms with Crippen molar-refractivity contribution in [3.05, 3.63) is 47.2 Å². The van der Waals surface area contributed by atoms with Gasteiger partial charge in [0.1, 0.15) is 5.82 Å². The van der Waals surface area contributed by atoms with E-state index < -0.39 is 12.1 Å². The van der Waals surface area contributed by atoms with Crippen molar-refractivity contribution in [1.29, 1.82) is 0 Å². The number of carboxylic acid groups (broad SMARTS) is 1. The minimum atomic E-state index is -5.08. The average Bonchev–Trinajstić information content (AvgIpc) is 3.15. The standard InChI is InChI=1S/C21H29N5O.C2HF3O2/c1-15-9-16(2)11-17(10-15)12-25-13-18-19(14-25)27-8-7-26(18)20-5-6-22-21(23-20)24(3)4;3-2(4,5)1(6)7/h5-6,9-11,18-19H,7-8,12-14H2,1-4H3;(H,6,7)/t18-,19+;/m1./s1. The summed E-state index contributed by atoms with van der Waals surface area (Å²) < 4.78 is 37.8. The van der Waals surface area contributed by atoms with Gasteiger partial charge in [0, 0.05) is 46.5 Å². The molecule has 2 atom stereocenters. The van der Waals surface area contributed by atoms with Gasteiger partial charge in [-0.3, -0.25) is 4.90 Å². The summed E-state index contributed by atoms with van der Waals surface area (Å²) in [6.07, 6.45) is -2.99. The highest BCUT2D eigenvalue weighted by atomic mass is 19.4. The number of fused-ring (bicyclic) bond motifs is 1. The van der Waals surface area contributed by atoms with Gasteiger partial charge in [-0.05, 0) is 25.5 Å². The van der Waals surface area contributed by atoms with Crippen molar-refractivity contribution < 1.29 is 27.8 Å². The number of aryl methyl sites for hydroxylation is 2. The first-order chi connectivity index (χ1) is 15.9. The molecular weight excluding hydrogens is 451 g/mol. The lowest BCUT2D eigenvalue weighted by Gasteiger charge is -2.37.